The Balaban J connectivity index is 1.98. The van der Waals surface area contributed by atoms with Crippen LogP contribution in [0.2, 0.25) is 10.0 Å². The molecule has 3 nitrogen and oxygen atoms in total. The summed E-state index contributed by atoms with van der Waals surface area (Å²) in [5, 5.41) is 0.831. The maximum atomic E-state index is 12.7. The van der Waals surface area contributed by atoms with Gasteiger partial charge in [-0.3, -0.25) is 4.79 Å². The fourth-order valence-corrected chi connectivity index (χ4v) is 2.91. The van der Waals surface area contributed by atoms with E-state index in [2.05, 4.69) is 0 Å². The van der Waals surface area contributed by atoms with Gasteiger partial charge in [0, 0.05) is 23.5 Å². The number of carbonyl (C=O) groups is 1. The van der Waals surface area contributed by atoms with Crippen LogP contribution in [0, 0.1) is 0 Å². The Hall–Kier alpha value is -1.71. The van der Waals surface area contributed by atoms with Crippen molar-refractivity contribution < 1.29 is 4.79 Å². The van der Waals surface area contributed by atoms with E-state index in [0.717, 1.165) is 29.8 Å². The van der Waals surface area contributed by atoms with Crippen molar-refractivity contribution in [2.45, 2.75) is 12.8 Å². The van der Waals surface area contributed by atoms with Crippen LogP contribution in [-0.4, -0.2) is 12.5 Å². The van der Waals surface area contributed by atoms with Crippen molar-refractivity contribution in [3.05, 3.63) is 57.6 Å². The summed E-state index contributed by atoms with van der Waals surface area (Å²) in [5.41, 5.74) is 9.10. The van der Waals surface area contributed by atoms with Gasteiger partial charge in [0.1, 0.15) is 0 Å². The average Bonchev–Trinajstić information content (AvgIpc) is 2.48. The molecule has 2 aromatic carbocycles. The average molecular weight is 321 g/mol. The number of carbonyl (C=O) groups excluding carboxylic acids is 1. The Morgan fingerprint density at radius 2 is 1.90 bits per heavy atom. The minimum Gasteiger partial charge on any atom is -0.399 e. The van der Waals surface area contributed by atoms with Gasteiger partial charge in [-0.05, 0) is 54.8 Å². The van der Waals surface area contributed by atoms with Crippen molar-refractivity contribution in [2.24, 2.45) is 0 Å². The maximum absolute atomic E-state index is 12.7. The molecule has 0 radical (unpaired) electrons. The molecular formula is C16H14Cl2N2O. The molecule has 0 saturated carbocycles. The van der Waals surface area contributed by atoms with Crippen LogP contribution in [0.15, 0.2) is 36.4 Å². The molecule has 3 rings (SSSR count). The van der Waals surface area contributed by atoms with Crippen LogP contribution >= 0.6 is 23.2 Å². The molecular weight excluding hydrogens is 307 g/mol. The molecule has 0 aliphatic carbocycles. The molecule has 108 valence electrons. The molecule has 21 heavy (non-hydrogen) atoms. The zero-order chi connectivity index (χ0) is 15.0. The first kappa shape index (κ1) is 14.2. The smallest absolute Gasteiger partial charge is 0.258 e. The number of halogens is 2. The number of fused-ring (bicyclic) bond motifs is 1. The molecule has 0 atom stereocenters. The van der Waals surface area contributed by atoms with Crippen molar-refractivity contribution in [1.29, 1.82) is 0 Å². The highest BCUT2D eigenvalue weighted by molar-refractivity contribution is 6.42. The normalized spacial score (nSPS) is 13.9. The van der Waals surface area contributed by atoms with Gasteiger partial charge in [0.2, 0.25) is 0 Å². The van der Waals surface area contributed by atoms with E-state index in [0.29, 0.717) is 22.2 Å². The fraction of sp³-hybridized carbons (Fsp3) is 0.188. The second kappa shape index (κ2) is 5.58. The Labute approximate surface area is 133 Å². The zero-order valence-corrected chi connectivity index (χ0v) is 12.8. The number of nitrogen functional groups attached to an aromatic ring is 1. The number of aryl methyl sites for hydroxylation is 1. The molecule has 1 heterocycles. The first-order valence-corrected chi connectivity index (χ1v) is 7.47. The van der Waals surface area contributed by atoms with E-state index in [1.807, 2.05) is 18.2 Å². The van der Waals surface area contributed by atoms with Gasteiger partial charge in [-0.15, -0.1) is 0 Å². The summed E-state index contributed by atoms with van der Waals surface area (Å²) in [5.74, 6) is -0.0701. The van der Waals surface area contributed by atoms with E-state index in [9.17, 15) is 4.79 Å². The molecule has 2 N–H and O–H groups in total. The zero-order valence-electron chi connectivity index (χ0n) is 11.3. The van der Waals surface area contributed by atoms with Gasteiger partial charge in [-0.25, -0.2) is 0 Å². The maximum Gasteiger partial charge on any atom is 0.258 e. The molecule has 1 aliphatic rings. The van der Waals surface area contributed by atoms with E-state index in [4.69, 9.17) is 28.9 Å². The monoisotopic (exact) mass is 320 g/mol. The summed E-state index contributed by atoms with van der Waals surface area (Å²) in [4.78, 5) is 14.5. The number of anilines is 2. The van der Waals surface area contributed by atoms with E-state index in [1.54, 1.807) is 23.1 Å². The SMILES string of the molecule is Nc1ccc2c(c1)CCCN2C(=O)c1ccc(Cl)c(Cl)c1. The van der Waals surface area contributed by atoms with Crippen LogP contribution in [0.1, 0.15) is 22.3 Å². The number of hydrogen-bond donors (Lipinski definition) is 1. The third-order valence-corrected chi connectivity index (χ3v) is 4.37. The summed E-state index contributed by atoms with van der Waals surface area (Å²) in [6.45, 7) is 0.690. The Bertz CT molecular complexity index is 715. The van der Waals surface area contributed by atoms with Gasteiger partial charge in [-0.1, -0.05) is 23.2 Å². The van der Waals surface area contributed by atoms with Crippen LogP contribution in [0.3, 0.4) is 0 Å². The molecule has 0 fully saturated rings. The van der Waals surface area contributed by atoms with Crippen molar-refractivity contribution in [3.63, 3.8) is 0 Å². The lowest BCUT2D eigenvalue weighted by molar-refractivity contribution is 0.0985. The Kier molecular flexibility index (Phi) is 3.79. The molecule has 0 bridgehead atoms. The number of amides is 1. The summed E-state index contributed by atoms with van der Waals surface area (Å²) >= 11 is 11.9. The first-order valence-electron chi connectivity index (χ1n) is 6.71. The van der Waals surface area contributed by atoms with Gasteiger partial charge in [0.15, 0.2) is 0 Å². The standard InChI is InChI=1S/C16H14Cl2N2O/c17-13-5-3-11(9-14(13)18)16(21)20-7-1-2-10-8-12(19)4-6-15(10)20/h3-6,8-9H,1-2,7,19H2. The lowest BCUT2D eigenvalue weighted by atomic mass is 10.00. The molecule has 2 aromatic rings. The van der Waals surface area contributed by atoms with Gasteiger partial charge >= 0.3 is 0 Å². The Morgan fingerprint density at radius 3 is 2.67 bits per heavy atom. The van der Waals surface area contributed by atoms with Gasteiger partial charge < -0.3 is 10.6 Å². The third-order valence-electron chi connectivity index (χ3n) is 3.63. The molecule has 0 saturated heterocycles. The number of rotatable bonds is 1. The first-order chi connectivity index (χ1) is 10.1. The van der Waals surface area contributed by atoms with Gasteiger partial charge in [0.05, 0.1) is 10.0 Å². The van der Waals surface area contributed by atoms with Crippen LogP contribution in [0.5, 0.6) is 0 Å². The number of hydrogen-bond acceptors (Lipinski definition) is 2. The van der Waals surface area contributed by atoms with E-state index in [1.165, 1.54) is 0 Å². The quantitative estimate of drug-likeness (QED) is 0.801. The minimum absolute atomic E-state index is 0.0701. The van der Waals surface area contributed by atoms with E-state index >= 15 is 0 Å². The summed E-state index contributed by atoms with van der Waals surface area (Å²) in [6.07, 6.45) is 1.86. The fourth-order valence-electron chi connectivity index (χ4n) is 2.61. The highest BCUT2D eigenvalue weighted by Crippen LogP contribution is 2.31. The number of benzene rings is 2. The van der Waals surface area contributed by atoms with Crippen molar-refractivity contribution in [3.8, 4) is 0 Å². The highest BCUT2D eigenvalue weighted by atomic mass is 35.5. The van der Waals surface area contributed by atoms with Crippen LogP contribution in [-0.2, 0) is 6.42 Å². The second-order valence-electron chi connectivity index (χ2n) is 5.08. The number of nitrogens with two attached hydrogens (primary N) is 1. The van der Waals surface area contributed by atoms with E-state index in [-0.39, 0.29) is 5.91 Å². The van der Waals surface area contributed by atoms with Gasteiger partial charge in [-0.2, -0.15) is 0 Å². The molecule has 1 amide bonds. The second-order valence-corrected chi connectivity index (χ2v) is 5.89. The Morgan fingerprint density at radius 1 is 1.10 bits per heavy atom. The summed E-state index contributed by atoms with van der Waals surface area (Å²) in [6, 6.07) is 10.6. The summed E-state index contributed by atoms with van der Waals surface area (Å²) < 4.78 is 0. The molecule has 1 aliphatic heterocycles. The van der Waals surface area contributed by atoms with Gasteiger partial charge in [0.25, 0.3) is 5.91 Å². The predicted octanol–water partition coefficient (Wildman–Crippen LogP) is 4.17. The minimum atomic E-state index is -0.0701. The molecule has 0 spiro atoms. The van der Waals surface area contributed by atoms with E-state index < -0.39 is 0 Å². The molecule has 0 aromatic heterocycles. The van der Waals surface area contributed by atoms with Crippen LogP contribution in [0.25, 0.3) is 0 Å². The molecule has 5 heteroatoms. The highest BCUT2D eigenvalue weighted by Gasteiger charge is 2.24. The lowest BCUT2D eigenvalue weighted by Gasteiger charge is -2.29. The third kappa shape index (κ3) is 2.71. The van der Waals surface area contributed by atoms with Crippen molar-refractivity contribution in [2.75, 3.05) is 17.2 Å². The van der Waals surface area contributed by atoms with Crippen LogP contribution < -0.4 is 10.6 Å². The van der Waals surface area contributed by atoms with Crippen molar-refractivity contribution >= 4 is 40.5 Å². The predicted molar refractivity (Wildman–Crippen MR) is 87.3 cm³/mol. The summed E-state index contributed by atoms with van der Waals surface area (Å²) in [7, 11) is 0. The van der Waals surface area contributed by atoms with Crippen LogP contribution in [0.4, 0.5) is 11.4 Å². The topological polar surface area (TPSA) is 46.3 Å². The molecule has 0 unspecified atom stereocenters. The largest absolute Gasteiger partial charge is 0.399 e. The number of nitrogens with zero attached hydrogens (tertiary/aromatic N) is 1. The lowest BCUT2D eigenvalue weighted by Crippen LogP contribution is -2.35. The van der Waals surface area contributed by atoms with Crippen molar-refractivity contribution in [1.82, 2.24) is 0 Å².